The SMILES string of the molecule is COc1ccccc1NC(=O)c1cc(S(=O)(=O)N2C[C@H](C)C[C@H](C)C2)ccc1F. The van der Waals surface area contributed by atoms with Crippen LogP contribution in [0.5, 0.6) is 5.75 Å². The van der Waals surface area contributed by atoms with Crippen molar-refractivity contribution in [2.75, 3.05) is 25.5 Å². The van der Waals surface area contributed by atoms with Gasteiger partial charge in [-0.3, -0.25) is 4.79 Å². The summed E-state index contributed by atoms with van der Waals surface area (Å²) in [5.41, 5.74) is 0.0291. The van der Waals surface area contributed by atoms with Crippen molar-refractivity contribution in [2.24, 2.45) is 11.8 Å². The van der Waals surface area contributed by atoms with E-state index in [1.165, 1.54) is 17.5 Å². The zero-order valence-corrected chi connectivity index (χ0v) is 17.5. The Morgan fingerprint density at radius 2 is 1.79 bits per heavy atom. The van der Waals surface area contributed by atoms with Crippen LogP contribution in [-0.2, 0) is 10.0 Å². The first kappa shape index (κ1) is 21.3. The minimum absolute atomic E-state index is 0.0922. The first-order valence-electron chi connectivity index (χ1n) is 9.46. The Hall–Kier alpha value is -2.45. The molecule has 0 spiro atoms. The molecule has 0 aliphatic carbocycles. The fourth-order valence-electron chi connectivity index (χ4n) is 3.73. The van der Waals surface area contributed by atoms with Crippen LogP contribution in [0.4, 0.5) is 10.1 Å². The van der Waals surface area contributed by atoms with Crippen LogP contribution in [0.25, 0.3) is 0 Å². The van der Waals surface area contributed by atoms with Crippen LogP contribution in [0.2, 0.25) is 0 Å². The van der Waals surface area contributed by atoms with Gasteiger partial charge in [-0.1, -0.05) is 26.0 Å². The number of amides is 1. The van der Waals surface area contributed by atoms with Crippen molar-refractivity contribution in [1.82, 2.24) is 4.31 Å². The standard InChI is InChI=1S/C21H25FN2O4S/c1-14-10-15(2)13-24(12-14)29(26,27)16-8-9-18(22)17(11-16)21(25)23-19-6-4-5-7-20(19)28-3/h4-9,11,14-15H,10,12-13H2,1-3H3,(H,23,25)/t14-,15+. The van der Waals surface area contributed by atoms with Crippen LogP contribution in [-0.4, -0.2) is 38.8 Å². The number of methoxy groups -OCH3 is 1. The number of rotatable bonds is 5. The molecule has 0 aromatic heterocycles. The number of nitrogens with zero attached hydrogens (tertiary/aromatic N) is 1. The third-order valence-electron chi connectivity index (χ3n) is 5.01. The van der Waals surface area contributed by atoms with Crippen LogP contribution in [0, 0.1) is 17.7 Å². The molecule has 6 nitrogen and oxygen atoms in total. The van der Waals surface area contributed by atoms with Gasteiger partial charge in [0.1, 0.15) is 11.6 Å². The third kappa shape index (κ3) is 4.59. The number of carbonyl (C=O) groups excluding carboxylic acids is 1. The number of hydrogen-bond acceptors (Lipinski definition) is 4. The second kappa shape index (κ2) is 8.51. The van der Waals surface area contributed by atoms with Gasteiger partial charge in [0.05, 0.1) is 23.3 Å². The van der Waals surface area contributed by atoms with E-state index >= 15 is 0 Å². The van der Waals surface area contributed by atoms with Crippen molar-refractivity contribution in [1.29, 1.82) is 0 Å². The summed E-state index contributed by atoms with van der Waals surface area (Å²) in [6.07, 6.45) is 0.960. The second-order valence-corrected chi connectivity index (χ2v) is 9.50. The van der Waals surface area contributed by atoms with Gasteiger partial charge < -0.3 is 10.1 Å². The molecule has 29 heavy (non-hydrogen) atoms. The number of nitrogens with one attached hydrogen (secondary N) is 1. The lowest BCUT2D eigenvalue weighted by atomic mass is 9.94. The van der Waals surface area contributed by atoms with Crippen molar-refractivity contribution in [2.45, 2.75) is 25.2 Å². The fourth-order valence-corrected chi connectivity index (χ4v) is 5.43. The molecule has 156 valence electrons. The number of sulfonamides is 1. The van der Waals surface area contributed by atoms with E-state index in [1.807, 2.05) is 13.8 Å². The Bertz CT molecular complexity index is 999. The van der Waals surface area contributed by atoms with Crippen molar-refractivity contribution < 1.29 is 22.3 Å². The van der Waals surface area contributed by atoms with Crippen molar-refractivity contribution in [3.05, 3.63) is 53.8 Å². The van der Waals surface area contributed by atoms with Gasteiger partial charge in [0.25, 0.3) is 5.91 Å². The molecule has 0 saturated carbocycles. The Balaban J connectivity index is 1.90. The van der Waals surface area contributed by atoms with E-state index in [9.17, 15) is 17.6 Å². The highest BCUT2D eigenvalue weighted by molar-refractivity contribution is 7.89. The summed E-state index contributed by atoms with van der Waals surface area (Å²) in [5.74, 6) is -0.646. The molecular formula is C21H25FN2O4S. The van der Waals surface area contributed by atoms with E-state index in [4.69, 9.17) is 4.74 Å². The van der Waals surface area contributed by atoms with E-state index < -0.39 is 21.7 Å². The number of piperidine rings is 1. The minimum Gasteiger partial charge on any atom is -0.495 e. The average molecular weight is 421 g/mol. The largest absolute Gasteiger partial charge is 0.495 e. The summed E-state index contributed by atoms with van der Waals surface area (Å²) in [7, 11) is -2.37. The lowest BCUT2D eigenvalue weighted by Gasteiger charge is -2.34. The average Bonchev–Trinajstić information content (AvgIpc) is 2.67. The Kier molecular flexibility index (Phi) is 6.24. The minimum atomic E-state index is -3.82. The molecule has 8 heteroatoms. The number of benzene rings is 2. The van der Waals surface area contributed by atoms with Crippen LogP contribution >= 0.6 is 0 Å². The first-order chi connectivity index (χ1) is 13.7. The smallest absolute Gasteiger partial charge is 0.258 e. The van der Waals surface area contributed by atoms with Crippen LogP contribution in [0.15, 0.2) is 47.4 Å². The van der Waals surface area contributed by atoms with Gasteiger partial charge in [-0.25, -0.2) is 12.8 Å². The highest BCUT2D eigenvalue weighted by Gasteiger charge is 2.32. The van der Waals surface area contributed by atoms with Crippen LogP contribution < -0.4 is 10.1 Å². The van der Waals surface area contributed by atoms with Gasteiger partial charge >= 0.3 is 0 Å². The molecule has 1 N–H and O–H groups in total. The van der Waals surface area contributed by atoms with Gasteiger partial charge in [0, 0.05) is 13.1 Å². The van der Waals surface area contributed by atoms with Gasteiger partial charge in [0.2, 0.25) is 10.0 Å². The third-order valence-corrected chi connectivity index (χ3v) is 6.84. The lowest BCUT2D eigenvalue weighted by Crippen LogP contribution is -2.42. The van der Waals surface area contributed by atoms with Crippen molar-refractivity contribution in [3.8, 4) is 5.75 Å². The first-order valence-corrected chi connectivity index (χ1v) is 10.9. The molecule has 1 aliphatic heterocycles. The molecular weight excluding hydrogens is 395 g/mol. The molecule has 1 heterocycles. The molecule has 3 rings (SSSR count). The summed E-state index contributed by atoms with van der Waals surface area (Å²) >= 11 is 0. The topological polar surface area (TPSA) is 75.7 Å². The second-order valence-electron chi connectivity index (χ2n) is 7.56. The quantitative estimate of drug-likeness (QED) is 0.799. The molecule has 0 bridgehead atoms. The maximum absolute atomic E-state index is 14.4. The van der Waals surface area contributed by atoms with E-state index in [0.29, 0.717) is 24.5 Å². The summed E-state index contributed by atoms with van der Waals surface area (Å²) in [5, 5.41) is 2.58. The molecule has 2 atom stereocenters. The molecule has 0 radical (unpaired) electrons. The number of carbonyl (C=O) groups is 1. The Morgan fingerprint density at radius 3 is 2.45 bits per heavy atom. The van der Waals surface area contributed by atoms with E-state index in [0.717, 1.165) is 18.6 Å². The number of ether oxygens (including phenoxy) is 1. The Morgan fingerprint density at radius 1 is 1.14 bits per heavy atom. The van der Waals surface area contributed by atoms with Gasteiger partial charge in [-0.15, -0.1) is 0 Å². The molecule has 1 saturated heterocycles. The molecule has 1 aliphatic rings. The molecule has 2 aromatic rings. The fraction of sp³-hybridized carbons (Fsp3) is 0.381. The summed E-state index contributed by atoms with van der Waals surface area (Å²) in [4.78, 5) is 12.6. The maximum atomic E-state index is 14.4. The number of anilines is 1. The molecule has 0 unspecified atom stereocenters. The van der Waals surface area contributed by atoms with Gasteiger partial charge in [0.15, 0.2) is 0 Å². The van der Waals surface area contributed by atoms with E-state index in [1.54, 1.807) is 24.3 Å². The Labute approximate surface area is 170 Å². The monoisotopic (exact) mass is 420 g/mol. The van der Waals surface area contributed by atoms with Gasteiger partial charge in [-0.05, 0) is 48.6 Å². The molecule has 1 amide bonds. The van der Waals surface area contributed by atoms with Crippen LogP contribution in [0.3, 0.4) is 0 Å². The van der Waals surface area contributed by atoms with Crippen LogP contribution in [0.1, 0.15) is 30.6 Å². The number of halogens is 1. The summed E-state index contributed by atoms with van der Waals surface area (Å²) in [6, 6.07) is 10.0. The van der Waals surface area contributed by atoms with Crippen molar-refractivity contribution >= 4 is 21.6 Å². The van der Waals surface area contributed by atoms with E-state index in [-0.39, 0.29) is 22.3 Å². The number of hydrogen-bond donors (Lipinski definition) is 1. The maximum Gasteiger partial charge on any atom is 0.258 e. The predicted octanol–water partition coefficient (Wildman–Crippen LogP) is 3.75. The summed E-state index contributed by atoms with van der Waals surface area (Å²) in [6.45, 7) is 4.84. The normalized spacial score (nSPS) is 20.3. The molecule has 1 fully saturated rings. The highest BCUT2D eigenvalue weighted by atomic mass is 32.2. The van der Waals surface area contributed by atoms with Gasteiger partial charge in [-0.2, -0.15) is 4.31 Å². The zero-order valence-electron chi connectivity index (χ0n) is 16.7. The van der Waals surface area contributed by atoms with Crippen molar-refractivity contribution in [3.63, 3.8) is 0 Å². The number of para-hydroxylation sites is 2. The summed E-state index contributed by atoms with van der Waals surface area (Å²) < 4.78 is 47.1. The zero-order chi connectivity index (χ0) is 21.2. The van der Waals surface area contributed by atoms with E-state index in [2.05, 4.69) is 5.32 Å². The molecule has 2 aromatic carbocycles. The lowest BCUT2D eigenvalue weighted by molar-refractivity contribution is 0.102. The predicted molar refractivity (Wildman–Crippen MR) is 109 cm³/mol. The highest BCUT2D eigenvalue weighted by Crippen LogP contribution is 2.28.